The minimum absolute atomic E-state index is 0.414. The molecule has 0 aliphatic carbocycles. The Morgan fingerprint density at radius 2 is 1.88 bits per heavy atom. The van der Waals surface area contributed by atoms with E-state index in [9.17, 15) is 12.8 Å². The second kappa shape index (κ2) is 4.58. The molecular formula is C10H14FN3O2S. The van der Waals surface area contributed by atoms with E-state index < -0.39 is 16.0 Å². The summed E-state index contributed by atoms with van der Waals surface area (Å²) in [5.41, 5.74) is 0. The molecule has 0 aromatic carbocycles. The summed E-state index contributed by atoms with van der Waals surface area (Å²) >= 11 is 0. The molecule has 94 valence electrons. The normalized spacial score (nSPS) is 18.4. The van der Waals surface area contributed by atoms with Gasteiger partial charge >= 0.3 is 0 Å². The summed E-state index contributed by atoms with van der Waals surface area (Å²) in [5.74, 6) is 0.0335. The van der Waals surface area contributed by atoms with Crippen LogP contribution in [-0.2, 0) is 10.0 Å². The number of anilines is 1. The number of pyridine rings is 1. The molecule has 0 unspecified atom stereocenters. The van der Waals surface area contributed by atoms with Crippen LogP contribution in [0.4, 0.5) is 10.2 Å². The molecule has 1 aromatic rings. The first kappa shape index (κ1) is 12.3. The van der Waals surface area contributed by atoms with E-state index in [0.717, 1.165) is 0 Å². The van der Waals surface area contributed by atoms with Crippen LogP contribution in [0.1, 0.15) is 0 Å². The molecule has 1 aromatic heterocycles. The highest BCUT2D eigenvalue weighted by atomic mass is 32.2. The number of hydrogen-bond acceptors (Lipinski definition) is 4. The average molecular weight is 259 g/mol. The first-order valence-electron chi connectivity index (χ1n) is 5.29. The number of aromatic nitrogens is 1. The van der Waals surface area contributed by atoms with Gasteiger partial charge in [-0.1, -0.05) is 6.07 Å². The molecule has 1 aliphatic rings. The Bertz CT molecular complexity index is 498. The molecule has 1 aliphatic heterocycles. The summed E-state index contributed by atoms with van der Waals surface area (Å²) in [6.45, 7) is 1.89. The van der Waals surface area contributed by atoms with Crippen molar-refractivity contribution >= 4 is 15.8 Å². The van der Waals surface area contributed by atoms with Crippen molar-refractivity contribution in [1.82, 2.24) is 9.29 Å². The number of hydrogen-bond donors (Lipinski definition) is 0. The Morgan fingerprint density at radius 1 is 1.24 bits per heavy atom. The fraction of sp³-hybridized carbons (Fsp3) is 0.500. The maximum Gasteiger partial charge on any atom is 0.214 e. The van der Waals surface area contributed by atoms with Crippen LogP contribution in [0.5, 0.6) is 0 Å². The molecule has 0 bridgehead atoms. The second-order valence-electron chi connectivity index (χ2n) is 3.97. The van der Waals surface area contributed by atoms with Crippen LogP contribution < -0.4 is 4.90 Å². The van der Waals surface area contributed by atoms with Crippen LogP contribution in [0, 0.1) is 5.95 Å². The molecule has 0 amide bonds. The highest BCUT2D eigenvalue weighted by Crippen LogP contribution is 2.14. The zero-order valence-corrected chi connectivity index (χ0v) is 10.3. The van der Waals surface area contributed by atoms with E-state index in [-0.39, 0.29) is 0 Å². The van der Waals surface area contributed by atoms with Gasteiger partial charge in [-0.25, -0.2) is 13.4 Å². The summed E-state index contributed by atoms with van der Waals surface area (Å²) in [7, 11) is -3.13. The topological polar surface area (TPSA) is 53.5 Å². The van der Waals surface area contributed by atoms with Crippen molar-refractivity contribution in [3.8, 4) is 0 Å². The van der Waals surface area contributed by atoms with Crippen LogP contribution in [-0.4, -0.2) is 50.1 Å². The van der Waals surface area contributed by atoms with Gasteiger partial charge in [-0.15, -0.1) is 0 Å². The molecule has 1 saturated heterocycles. The lowest BCUT2D eigenvalue weighted by Gasteiger charge is -2.33. The predicted octanol–water partition coefficient (Wildman–Crippen LogP) is 0.302. The zero-order chi connectivity index (χ0) is 12.5. The third kappa shape index (κ3) is 2.92. The van der Waals surface area contributed by atoms with Gasteiger partial charge in [0.15, 0.2) is 0 Å². The molecule has 0 saturated carbocycles. The minimum atomic E-state index is -3.13. The quantitative estimate of drug-likeness (QED) is 0.717. The standard InChI is InChI=1S/C10H14FN3O2S/c1-17(15,16)14-7-5-13(6-8-14)10-4-2-3-9(11)12-10/h2-4H,5-8H2,1H3. The first-order chi connectivity index (χ1) is 7.97. The largest absolute Gasteiger partial charge is 0.354 e. The Balaban J connectivity index is 2.05. The van der Waals surface area contributed by atoms with Crippen LogP contribution in [0.25, 0.3) is 0 Å². The maximum absolute atomic E-state index is 12.9. The van der Waals surface area contributed by atoms with Gasteiger partial charge in [0.05, 0.1) is 6.26 Å². The van der Waals surface area contributed by atoms with Crippen LogP contribution >= 0.6 is 0 Å². The molecule has 0 N–H and O–H groups in total. The summed E-state index contributed by atoms with van der Waals surface area (Å²) in [5, 5.41) is 0. The highest BCUT2D eigenvalue weighted by Gasteiger charge is 2.23. The average Bonchev–Trinajstić information content (AvgIpc) is 2.28. The van der Waals surface area contributed by atoms with Gasteiger partial charge in [-0.3, -0.25) is 0 Å². The van der Waals surface area contributed by atoms with E-state index in [0.29, 0.717) is 32.0 Å². The second-order valence-corrected chi connectivity index (χ2v) is 5.95. The van der Waals surface area contributed by atoms with Gasteiger partial charge in [0.25, 0.3) is 0 Å². The molecular weight excluding hydrogens is 245 g/mol. The number of halogens is 1. The van der Waals surface area contributed by atoms with Gasteiger partial charge in [0.2, 0.25) is 16.0 Å². The van der Waals surface area contributed by atoms with Gasteiger partial charge in [-0.2, -0.15) is 8.70 Å². The number of rotatable bonds is 2. The summed E-state index contributed by atoms with van der Waals surface area (Å²) in [4.78, 5) is 5.66. The molecule has 17 heavy (non-hydrogen) atoms. The SMILES string of the molecule is CS(=O)(=O)N1CCN(c2cccc(F)n2)CC1. The molecule has 1 fully saturated rings. The Kier molecular flexibility index (Phi) is 3.30. The lowest BCUT2D eigenvalue weighted by molar-refractivity contribution is 0.386. The lowest BCUT2D eigenvalue weighted by Crippen LogP contribution is -2.48. The zero-order valence-electron chi connectivity index (χ0n) is 9.50. The van der Waals surface area contributed by atoms with Crippen molar-refractivity contribution in [3.05, 3.63) is 24.1 Å². The highest BCUT2D eigenvalue weighted by molar-refractivity contribution is 7.88. The molecule has 0 atom stereocenters. The smallest absolute Gasteiger partial charge is 0.214 e. The van der Waals surface area contributed by atoms with E-state index in [1.165, 1.54) is 16.6 Å². The van der Waals surface area contributed by atoms with E-state index in [1.807, 2.05) is 4.90 Å². The third-order valence-electron chi connectivity index (χ3n) is 2.73. The van der Waals surface area contributed by atoms with Gasteiger partial charge in [0.1, 0.15) is 5.82 Å². The Labute approximate surface area is 99.9 Å². The van der Waals surface area contributed by atoms with Crippen molar-refractivity contribution in [2.24, 2.45) is 0 Å². The first-order valence-corrected chi connectivity index (χ1v) is 7.14. The van der Waals surface area contributed by atoms with Crippen molar-refractivity contribution < 1.29 is 12.8 Å². The summed E-state index contributed by atoms with van der Waals surface area (Å²) < 4.78 is 37.0. The predicted molar refractivity (Wildman–Crippen MR) is 62.8 cm³/mol. The third-order valence-corrected chi connectivity index (χ3v) is 4.04. The fourth-order valence-electron chi connectivity index (χ4n) is 1.82. The van der Waals surface area contributed by atoms with E-state index in [4.69, 9.17) is 0 Å². The Morgan fingerprint density at radius 3 is 2.41 bits per heavy atom. The Hall–Kier alpha value is -1.21. The van der Waals surface area contributed by atoms with Crippen molar-refractivity contribution in [2.45, 2.75) is 0 Å². The molecule has 2 rings (SSSR count). The van der Waals surface area contributed by atoms with E-state index in [1.54, 1.807) is 12.1 Å². The summed E-state index contributed by atoms with van der Waals surface area (Å²) in [6, 6.07) is 4.61. The molecule has 7 heteroatoms. The molecule has 0 radical (unpaired) electrons. The van der Waals surface area contributed by atoms with Crippen LogP contribution in [0.3, 0.4) is 0 Å². The van der Waals surface area contributed by atoms with Gasteiger partial charge in [-0.05, 0) is 12.1 Å². The van der Waals surface area contributed by atoms with Gasteiger partial charge in [0, 0.05) is 26.2 Å². The summed E-state index contributed by atoms with van der Waals surface area (Å²) in [6.07, 6.45) is 1.20. The van der Waals surface area contributed by atoms with E-state index >= 15 is 0 Å². The van der Waals surface area contributed by atoms with Gasteiger partial charge < -0.3 is 4.90 Å². The monoisotopic (exact) mass is 259 g/mol. The van der Waals surface area contributed by atoms with Crippen LogP contribution in [0.2, 0.25) is 0 Å². The van der Waals surface area contributed by atoms with Crippen LogP contribution in [0.15, 0.2) is 18.2 Å². The lowest BCUT2D eigenvalue weighted by atomic mass is 10.3. The van der Waals surface area contributed by atoms with Crippen molar-refractivity contribution in [2.75, 3.05) is 37.3 Å². The fourth-order valence-corrected chi connectivity index (χ4v) is 2.65. The van der Waals surface area contributed by atoms with Crippen molar-refractivity contribution in [3.63, 3.8) is 0 Å². The van der Waals surface area contributed by atoms with Crippen molar-refractivity contribution in [1.29, 1.82) is 0 Å². The minimum Gasteiger partial charge on any atom is -0.354 e. The molecule has 0 spiro atoms. The molecule has 5 nitrogen and oxygen atoms in total. The molecule has 2 heterocycles. The maximum atomic E-state index is 12.9. The number of piperazine rings is 1. The number of nitrogens with zero attached hydrogens (tertiary/aromatic N) is 3. The van der Waals surface area contributed by atoms with E-state index in [2.05, 4.69) is 4.98 Å². The number of sulfonamides is 1.